The van der Waals surface area contributed by atoms with Crippen LogP contribution in [-0.2, 0) is 16.1 Å². The molecule has 0 saturated heterocycles. The summed E-state index contributed by atoms with van der Waals surface area (Å²) in [6.07, 6.45) is 0.898. The topological polar surface area (TPSA) is 63.8 Å². The Morgan fingerprint density at radius 1 is 1.38 bits per heavy atom. The van der Waals surface area contributed by atoms with Crippen LogP contribution in [0, 0.1) is 12.7 Å². The molecular formula is C18H19FN2O3. The molecule has 1 aromatic heterocycles. The second-order valence-electron chi connectivity index (χ2n) is 6.07. The molecule has 2 aromatic rings. The molecule has 0 radical (unpaired) electrons. The second-order valence-corrected chi connectivity index (χ2v) is 6.07. The maximum atomic E-state index is 13.3. The molecule has 0 bridgehead atoms. The summed E-state index contributed by atoms with van der Waals surface area (Å²) in [4.78, 5) is 17.7. The van der Waals surface area contributed by atoms with Crippen molar-refractivity contribution in [2.45, 2.75) is 32.3 Å². The predicted octanol–water partition coefficient (Wildman–Crippen LogP) is 2.97. The molecule has 24 heavy (non-hydrogen) atoms. The summed E-state index contributed by atoms with van der Waals surface area (Å²) >= 11 is 0. The third kappa shape index (κ3) is 3.48. The predicted molar refractivity (Wildman–Crippen MR) is 87.2 cm³/mol. The van der Waals surface area contributed by atoms with Gasteiger partial charge < -0.3 is 14.6 Å². The van der Waals surface area contributed by atoms with Gasteiger partial charge in [-0.05, 0) is 38.1 Å². The number of halogens is 1. The first kappa shape index (κ1) is 16.2. The minimum atomic E-state index is -1.08. The Labute approximate surface area is 139 Å². The summed E-state index contributed by atoms with van der Waals surface area (Å²) in [5.41, 5.74) is 0.104. The van der Waals surface area contributed by atoms with Crippen molar-refractivity contribution in [1.29, 1.82) is 0 Å². The molecule has 0 unspecified atom stereocenters. The van der Waals surface area contributed by atoms with E-state index < -0.39 is 5.60 Å². The fourth-order valence-corrected chi connectivity index (χ4v) is 2.59. The van der Waals surface area contributed by atoms with Crippen LogP contribution in [0.2, 0.25) is 0 Å². The molecule has 0 saturated carbocycles. The number of carbonyl (C=O) groups excluding carboxylic acids is 1. The Kier molecular flexibility index (Phi) is 4.38. The minimum absolute atomic E-state index is 0.249. The average molecular weight is 330 g/mol. The lowest BCUT2D eigenvalue weighted by molar-refractivity contribution is -0.141. The first-order valence-corrected chi connectivity index (χ1v) is 7.81. The van der Waals surface area contributed by atoms with Gasteiger partial charge in [-0.1, -0.05) is 17.3 Å². The van der Waals surface area contributed by atoms with E-state index in [0.29, 0.717) is 30.7 Å². The number of aryl methyl sites for hydroxylation is 1. The molecule has 0 aliphatic carbocycles. The zero-order chi connectivity index (χ0) is 17.2. The molecule has 0 fully saturated rings. The third-order valence-electron chi connectivity index (χ3n) is 3.95. The number of hydrogen-bond acceptors (Lipinski definition) is 4. The lowest BCUT2D eigenvalue weighted by atomic mass is 9.95. The molecule has 1 N–H and O–H groups in total. The van der Waals surface area contributed by atoms with Gasteiger partial charge in [0.1, 0.15) is 17.3 Å². The smallest absolute Gasteiger partial charge is 0.267 e. The molecular weight excluding hydrogens is 311 g/mol. The molecule has 126 valence electrons. The number of benzene rings is 1. The van der Waals surface area contributed by atoms with E-state index in [4.69, 9.17) is 9.25 Å². The van der Waals surface area contributed by atoms with Crippen LogP contribution in [0.15, 0.2) is 46.0 Å². The molecule has 6 heteroatoms. The van der Waals surface area contributed by atoms with Crippen molar-refractivity contribution >= 4 is 11.6 Å². The van der Waals surface area contributed by atoms with Gasteiger partial charge in [-0.25, -0.2) is 4.39 Å². The van der Waals surface area contributed by atoms with Crippen LogP contribution >= 0.6 is 0 Å². The highest BCUT2D eigenvalue weighted by molar-refractivity contribution is 6.05. The molecule has 5 nitrogen and oxygen atoms in total. The Hall–Kier alpha value is -2.63. The SMILES string of the molecule is Cc1ccc(CCNC(=O)[C@@]2(C)CC(c3cccc(F)c3)=NO2)o1. The monoisotopic (exact) mass is 330 g/mol. The van der Waals surface area contributed by atoms with Gasteiger partial charge in [0.2, 0.25) is 5.60 Å². The van der Waals surface area contributed by atoms with Crippen molar-refractivity contribution in [2.24, 2.45) is 5.16 Å². The first-order chi connectivity index (χ1) is 11.5. The third-order valence-corrected chi connectivity index (χ3v) is 3.95. The number of nitrogens with one attached hydrogen (secondary N) is 1. The van der Waals surface area contributed by atoms with Crippen LogP contribution in [0.4, 0.5) is 4.39 Å². The largest absolute Gasteiger partial charge is 0.466 e. The molecule has 1 amide bonds. The summed E-state index contributed by atoms with van der Waals surface area (Å²) in [5, 5.41) is 6.80. The van der Waals surface area contributed by atoms with Gasteiger partial charge in [0.25, 0.3) is 5.91 Å². The molecule has 1 aliphatic rings. The summed E-state index contributed by atoms with van der Waals surface area (Å²) in [6, 6.07) is 9.87. The quantitative estimate of drug-likeness (QED) is 0.917. The van der Waals surface area contributed by atoms with Crippen molar-refractivity contribution in [3.63, 3.8) is 0 Å². The lowest BCUT2D eigenvalue weighted by Crippen LogP contribution is -2.45. The summed E-state index contributed by atoms with van der Waals surface area (Å²) in [7, 11) is 0. The molecule has 3 rings (SSSR count). The molecule has 1 aromatic carbocycles. The number of amides is 1. The number of oxime groups is 1. The van der Waals surface area contributed by atoms with Crippen LogP contribution in [0.5, 0.6) is 0 Å². The van der Waals surface area contributed by atoms with Crippen molar-refractivity contribution in [2.75, 3.05) is 6.54 Å². The Bertz CT molecular complexity index is 784. The van der Waals surface area contributed by atoms with E-state index in [-0.39, 0.29) is 11.7 Å². The summed E-state index contributed by atoms with van der Waals surface area (Å²) in [6.45, 7) is 4.00. The number of nitrogens with zero attached hydrogens (tertiary/aromatic N) is 1. The number of furan rings is 1. The van der Waals surface area contributed by atoms with Crippen molar-refractivity contribution in [3.05, 3.63) is 59.3 Å². The van der Waals surface area contributed by atoms with Gasteiger partial charge in [-0.3, -0.25) is 4.79 Å². The van der Waals surface area contributed by atoms with E-state index >= 15 is 0 Å². The first-order valence-electron chi connectivity index (χ1n) is 7.81. The van der Waals surface area contributed by atoms with Gasteiger partial charge >= 0.3 is 0 Å². The second kappa shape index (κ2) is 6.47. The highest BCUT2D eigenvalue weighted by Crippen LogP contribution is 2.27. The fourth-order valence-electron chi connectivity index (χ4n) is 2.59. The van der Waals surface area contributed by atoms with Gasteiger partial charge in [0.05, 0.1) is 5.71 Å². The Morgan fingerprint density at radius 2 is 2.21 bits per heavy atom. The van der Waals surface area contributed by atoms with Crippen LogP contribution < -0.4 is 5.32 Å². The number of rotatable bonds is 5. The van der Waals surface area contributed by atoms with Gasteiger partial charge in [0.15, 0.2) is 0 Å². The standard InChI is InChI=1S/C18H19FN2O3/c1-12-6-7-15(23-12)8-9-20-17(22)18(2)11-16(21-24-18)13-4-3-5-14(19)10-13/h3-7,10H,8-9,11H2,1-2H3,(H,20,22)/t18-/m1/s1. The maximum Gasteiger partial charge on any atom is 0.267 e. The highest BCUT2D eigenvalue weighted by Gasteiger charge is 2.42. The molecule has 2 heterocycles. The van der Waals surface area contributed by atoms with Crippen LogP contribution in [0.1, 0.15) is 30.4 Å². The van der Waals surface area contributed by atoms with E-state index in [2.05, 4.69) is 10.5 Å². The van der Waals surface area contributed by atoms with Crippen LogP contribution in [-0.4, -0.2) is 23.8 Å². The molecule has 0 spiro atoms. The maximum absolute atomic E-state index is 13.3. The summed E-state index contributed by atoms with van der Waals surface area (Å²) in [5.74, 6) is 1.07. The number of hydrogen-bond donors (Lipinski definition) is 1. The Balaban J connectivity index is 1.56. The number of carbonyl (C=O) groups is 1. The van der Waals surface area contributed by atoms with Gasteiger partial charge in [-0.15, -0.1) is 0 Å². The molecule has 1 aliphatic heterocycles. The zero-order valence-electron chi connectivity index (χ0n) is 13.6. The van der Waals surface area contributed by atoms with Crippen LogP contribution in [0.25, 0.3) is 0 Å². The fraction of sp³-hybridized carbons (Fsp3) is 0.333. The average Bonchev–Trinajstić information content (AvgIpc) is 3.14. The summed E-state index contributed by atoms with van der Waals surface area (Å²) < 4.78 is 18.8. The van der Waals surface area contributed by atoms with Crippen molar-refractivity contribution in [3.8, 4) is 0 Å². The van der Waals surface area contributed by atoms with Crippen LogP contribution in [0.3, 0.4) is 0 Å². The van der Waals surface area contributed by atoms with Gasteiger partial charge in [0, 0.05) is 24.9 Å². The lowest BCUT2D eigenvalue weighted by Gasteiger charge is -2.20. The van der Waals surface area contributed by atoms with E-state index in [1.54, 1.807) is 19.1 Å². The zero-order valence-corrected chi connectivity index (χ0v) is 13.6. The normalized spacial score (nSPS) is 19.7. The highest BCUT2D eigenvalue weighted by atomic mass is 19.1. The van der Waals surface area contributed by atoms with Crippen molar-refractivity contribution in [1.82, 2.24) is 5.32 Å². The molecule has 1 atom stereocenters. The van der Waals surface area contributed by atoms with E-state index in [1.165, 1.54) is 12.1 Å². The van der Waals surface area contributed by atoms with Crippen molar-refractivity contribution < 1.29 is 18.4 Å². The van der Waals surface area contributed by atoms with Gasteiger partial charge in [-0.2, -0.15) is 0 Å². The Morgan fingerprint density at radius 3 is 2.92 bits per heavy atom. The van der Waals surface area contributed by atoms with E-state index in [1.807, 2.05) is 19.1 Å². The van der Waals surface area contributed by atoms with E-state index in [9.17, 15) is 9.18 Å². The minimum Gasteiger partial charge on any atom is -0.466 e. The van der Waals surface area contributed by atoms with E-state index in [0.717, 1.165) is 11.5 Å².